The molecule has 4 heteroatoms. The highest BCUT2D eigenvalue weighted by Crippen LogP contribution is 2.21. The van der Waals surface area contributed by atoms with Crippen molar-refractivity contribution < 1.29 is 9.59 Å². The third-order valence-corrected chi connectivity index (χ3v) is 5.63. The number of aryl methyl sites for hydroxylation is 2. The van der Waals surface area contributed by atoms with Crippen molar-refractivity contribution in [3.05, 3.63) is 71.3 Å². The third-order valence-electron chi connectivity index (χ3n) is 5.63. The fraction of sp³-hybridized carbons (Fsp3) is 0.417. The van der Waals surface area contributed by atoms with Gasteiger partial charge >= 0.3 is 0 Å². The van der Waals surface area contributed by atoms with E-state index in [0.717, 1.165) is 36.8 Å². The summed E-state index contributed by atoms with van der Waals surface area (Å²) in [5.41, 5.74) is 3.06. The van der Waals surface area contributed by atoms with Gasteiger partial charge < -0.3 is 10.2 Å². The maximum absolute atomic E-state index is 12.7. The van der Waals surface area contributed by atoms with Crippen LogP contribution in [0.25, 0.3) is 0 Å². The van der Waals surface area contributed by atoms with E-state index in [1.165, 1.54) is 5.56 Å². The molecule has 3 rings (SSSR count). The molecule has 0 bridgehead atoms. The molecule has 1 atom stereocenters. The Morgan fingerprint density at radius 3 is 2.36 bits per heavy atom. The van der Waals surface area contributed by atoms with Crippen molar-refractivity contribution >= 4 is 11.8 Å². The number of likely N-dealkylation sites (tertiary alicyclic amines) is 1. The predicted molar refractivity (Wildman–Crippen MR) is 112 cm³/mol. The fourth-order valence-corrected chi connectivity index (χ4v) is 3.79. The Kier molecular flexibility index (Phi) is 6.85. The summed E-state index contributed by atoms with van der Waals surface area (Å²) in [7, 11) is 0. The van der Waals surface area contributed by atoms with Crippen LogP contribution in [-0.2, 0) is 11.2 Å². The van der Waals surface area contributed by atoms with E-state index >= 15 is 0 Å². The minimum absolute atomic E-state index is 0.0000885. The molecule has 2 aromatic rings. The van der Waals surface area contributed by atoms with Crippen LogP contribution >= 0.6 is 0 Å². The van der Waals surface area contributed by atoms with E-state index < -0.39 is 0 Å². The Labute approximate surface area is 167 Å². The zero-order chi connectivity index (χ0) is 19.9. The molecule has 0 spiro atoms. The van der Waals surface area contributed by atoms with E-state index in [4.69, 9.17) is 0 Å². The second-order valence-corrected chi connectivity index (χ2v) is 7.82. The Morgan fingerprint density at radius 1 is 1.04 bits per heavy atom. The first-order valence-electron chi connectivity index (χ1n) is 10.2. The number of rotatable bonds is 6. The first kappa shape index (κ1) is 20.1. The topological polar surface area (TPSA) is 49.4 Å². The highest BCUT2D eigenvalue weighted by atomic mass is 16.2. The summed E-state index contributed by atoms with van der Waals surface area (Å²) in [6, 6.07) is 18.2. The van der Waals surface area contributed by atoms with Crippen LogP contribution < -0.4 is 5.32 Å². The van der Waals surface area contributed by atoms with Crippen LogP contribution in [0.15, 0.2) is 54.6 Å². The number of carbonyl (C=O) groups is 2. The maximum Gasteiger partial charge on any atom is 0.254 e. The number of carbonyl (C=O) groups excluding carboxylic acids is 2. The predicted octanol–water partition coefficient (Wildman–Crippen LogP) is 3.98. The molecule has 0 aliphatic carbocycles. The molecule has 1 heterocycles. The molecular weight excluding hydrogens is 348 g/mol. The number of piperidine rings is 1. The van der Waals surface area contributed by atoms with Gasteiger partial charge in [-0.1, -0.05) is 48.5 Å². The van der Waals surface area contributed by atoms with Crippen LogP contribution in [-0.4, -0.2) is 35.8 Å². The molecule has 2 aromatic carbocycles. The lowest BCUT2D eigenvalue weighted by molar-refractivity contribution is -0.126. The van der Waals surface area contributed by atoms with Gasteiger partial charge in [0.15, 0.2) is 0 Å². The maximum atomic E-state index is 12.7. The summed E-state index contributed by atoms with van der Waals surface area (Å²) in [4.78, 5) is 27.2. The van der Waals surface area contributed by atoms with Gasteiger partial charge in [0, 0.05) is 30.6 Å². The summed E-state index contributed by atoms with van der Waals surface area (Å²) < 4.78 is 0. The second-order valence-electron chi connectivity index (χ2n) is 7.82. The first-order valence-corrected chi connectivity index (χ1v) is 10.2. The molecule has 4 nitrogen and oxygen atoms in total. The van der Waals surface area contributed by atoms with Crippen molar-refractivity contribution in [2.24, 2.45) is 5.92 Å². The van der Waals surface area contributed by atoms with Gasteiger partial charge in [-0.15, -0.1) is 0 Å². The highest BCUT2D eigenvalue weighted by Gasteiger charge is 2.28. The number of hydrogen-bond donors (Lipinski definition) is 1. The zero-order valence-electron chi connectivity index (χ0n) is 16.9. The summed E-state index contributed by atoms with van der Waals surface area (Å²) in [6.45, 7) is 5.31. The summed E-state index contributed by atoms with van der Waals surface area (Å²) >= 11 is 0. The lowest BCUT2D eigenvalue weighted by atomic mass is 9.94. The van der Waals surface area contributed by atoms with Crippen molar-refractivity contribution in [1.82, 2.24) is 10.2 Å². The van der Waals surface area contributed by atoms with Gasteiger partial charge in [0.2, 0.25) is 5.91 Å². The van der Waals surface area contributed by atoms with E-state index in [9.17, 15) is 9.59 Å². The lowest BCUT2D eigenvalue weighted by Crippen LogP contribution is -2.45. The number of benzene rings is 2. The van der Waals surface area contributed by atoms with Gasteiger partial charge in [-0.2, -0.15) is 0 Å². The molecular formula is C24H30N2O2. The van der Waals surface area contributed by atoms with Crippen LogP contribution in [0.4, 0.5) is 0 Å². The largest absolute Gasteiger partial charge is 0.353 e. The van der Waals surface area contributed by atoms with Gasteiger partial charge in [-0.25, -0.2) is 0 Å². The zero-order valence-corrected chi connectivity index (χ0v) is 16.9. The van der Waals surface area contributed by atoms with Crippen LogP contribution in [0.3, 0.4) is 0 Å². The van der Waals surface area contributed by atoms with Gasteiger partial charge in [-0.3, -0.25) is 9.59 Å². The Hall–Kier alpha value is -2.62. The molecule has 1 N–H and O–H groups in total. The normalized spacial score (nSPS) is 15.9. The van der Waals surface area contributed by atoms with Crippen molar-refractivity contribution in [1.29, 1.82) is 0 Å². The number of nitrogens with one attached hydrogen (secondary N) is 1. The van der Waals surface area contributed by atoms with Crippen molar-refractivity contribution in [3.8, 4) is 0 Å². The average Bonchev–Trinajstić information content (AvgIpc) is 2.73. The molecule has 2 amide bonds. The Bertz CT molecular complexity index is 795. The van der Waals surface area contributed by atoms with Crippen LogP contribution in [0, 0.1) is 12.8 Å². The lowest BCUT2D eigenvalue weighted by Gasteiger charge is -2.32. The van der Waals surface area contributed by atoms with E-state index in [0.29, 0.717) is 13.1 Å². The number of amides is 2. The van der Waals surface area contributed by atoms with E-state index in [-0.39, 0.29) is 23.8 Å². The van der Waals surface area contributed by atoms with E-state index in [2.05, 4.69) is 24.4 Å². The molecule has 1 aliphatic heterocycles. The molecule has 0 radical (unpaired) electrons. The highest BCUT2D eigenvalue weighted by molar-refractivity contribution is 5.95. The van der Waals surface area contributed by atoms with Crippen LogP contribution in [0.5, 0.6) is 0 Å². The first-order chi connectivity index (χ1) is 13.5. The molecule has 148 valence electrons. The summed E-state index contributed by atoms with van der Waals surface area (Å²) in [6.07, 6.45) is 3.36. The van der Waals surface area contributed by atoms with Crippen molar-refractivity contribution in [2.45, 2.75) is 45.6 Å². The van der Waals surface area contributed by atoms with Crippen LogP contribution in [0.2, 0.25) is 0 Å². The Balaban J connectivity index is 1.44. The summed E-state index contributed by atoms with van der Waals surface area (Å²) in [5.74, 6) is 0.205. The number of hydrogen-bond acceptors (Lipinski definition) is 2. The van der Waals surface area contributed by atoms with E-state index in [1.807, 2.05) is 54.3 Å². The van der Waals surface area contributed by atoms with Crippen molar-refractivity contribution in [2.75, 3.05) is 13.1 Å². The van der Waals surface area contributed by atoms with Gasteiger partial charge in [0.25, 0.3) is 5.91 Å². The van der Waals surface area contributed by atoms with Gasteiger partial charge in [0.05, 0.1) is 0 Å². The monoisotopic (exact) mass is 378 g/mol. The standard InChI is InChI=1S/C24H30N2O2/c1-18-8-6-7-11-22(18)24(28)26-16-14-21(15-17-26)23(27)25-19(2)12-13-20-9-4-3-5-10-20/h3-11,19,21H,12-17H2,1-2H3,(H,25,27). The second kappa shape index (κ2) is 9.54. The Morgan fingerprint density at radius 2 is 1.68 bits per heavy atom. The molecule has 1 aliphatic rings. The molecule has 1 unspecified atom stereocenters. The van der Waals surface area contributed by atoms with Crippen molar-refractivity contribution in [3.63, 3.8) is 0 Å². The fourth-order valence-electron chi connectivity index (χ4n) is 3.79. The minimum atomic E-state index is 0.0000885. The quantitative estimate of drug-likeness (QED) is 0.826. The smallest absolute Gasteiger partial charge is 0.254 e. The third kappa shape index (κ3) is 5.22. The molecule has 0 aromatic heterocycles. The van der Waals surface area contributed by atoms with Gasteiger partial charge in [0.1, 0.15) is 0 Å². The molecule has 1 fully saturated rings. The SMILES string of the molecule is Cc1ccccc1C(=O)N1CCC(C(=O)NC(C)CCc2ccccc2)CC1. The minimum Gasteiger partial charge on any atom is -0.353 e. The average molecular weight is 379 g/mol. The van der Waals surface area contributed by atoms with Gasteiger partial charge in [-0.05, 0) is 56.7 Å². The molecule has 1 saturated heterocycles. The molecule has 0 saturated carbocycles. The van der Waals surface area contributed by atoms with E-state index in [1.54, 1.807) is 0 Å². The summed E-state index contributed by atoms with van der Waals surface area (Å²) in [5, 5.41) is 3.16. The van der Waals surface area contributed by atoms with Crippen LogP contribution in [0.1, 0.15) is 47.7 Å². The number of nitrogens with zero attached hydrogens (tertiary/aromatic N) is 1. The molecule has 28 heavy (non-hydrogen) atoms.